The molecule has 1 aliphatic rings. The number of allylic oxidation sites excluding steroid dienone is 2. The van der Waals surface area contributed by atoms with E-state index in [9.17, 15) is 4.79 Å². The summed E-state index contributed by atoms with van der Waals surface area (Å²) in [6.07, 6.45) is 7.69. The summed E-state index contributed by atoms with van der Waals surface area (Å²) < 4.78 is 0.266. The SMILES string of the molecule is CCC(C)(CC)SSC1CC(C(C)(C)C)C=C(C(C)(CC)CC)C1=O. The predicted molar refractivity (Wildman–Crippen MR) is 117 cm³/mol. The number of hydrogen-bond acceptors (Lipinski definition) is 3. The van der Waals surface area contributed by atoms with E-state index in [-0.39, 0.29) is 20.8 Å². The van der Waals surface area contributed by atoms with Gasteiger partial charge in [0.25, 0.3) is 0 Å². The number of Topliss-reactive ketones (excluding diaryl/α,β-unsaturated/α-hetero) is 1. The smallest absolute Gasteiger partial charge is 0.172 e. The summed E-state index contributed by atoms with van der Waals surface area (Å²) in [6.45, 7) is 20.5. The lowest BCUT2D eigenvalue weighted by Gasteiger charge is -2.40. The molecule has 0 aliphatic heterocycles. The normalized spacial score (nSPS) is 22.9. The van der Waals surface area contributed by atoms with Gasteiger partial charge < -0.3 is 0 Å². The van der Waals surface area contributed by atoms with E-state index in [1.165, 1.54) is 0 Å². The van der Waals surface area contributed by atoms with Crippen LogP contribution in [0.2, 0.25) is 0 Å². The van der Waals surface area contributed by atoms with Gasteiger partial charge in [0.05, 0.1) is 5.25 Å². The van der Waals surface area contributed by atoms with E-state index in [0.29, 0.717) is 11.7 Å². The third-order valence-corrected chi connectivity index (χ3v) is 10.5. The van der Waals surface area contributed by atoms with Crippen LogP contribution in [0.1, 0.15) is 94.4 Å². The van der Waals surface area contributed by atoms with Crippen LogP contribution >= 0.6 is 21.6 Å². The zero-order chi connectivity index (χ0) is 19.5. The Morgan fingerprint density at radius 2 is 1.48 bits per heavy atom. The van der Waals surface area contributed by atoms with Crippen LogP contribution in [0.25, 0.3) is 0 Å². The van der Waals surface area contributed by atoms with E-state index in [1.807, 2.05) is 21.6 Å². The van der Waals surface area contributed by atoms with E-state index in [1.54, 1.807) is 0 Å². The molecule has 1 nitrogen and oxygen atoms in total. The van der Waals surface area contributed by atoms with Gasteiger partial charge in [-0.15, -0.1) is 0 Å². The molecule has 146 valence electrons. The van der Waals surface area contributed by atoms with Gasteiger partial charge in [-0.25, -0.2) is 0 Å². The van der Waals surface area contributed by atoms with Crippen molar-refractivity contribution >= 4 is 27.4 Å². The van der Waals surface area contributed by atoms with E-state index in [4.69, 9.17) is 0 Å². The standard InChI is InChI=1S/C22H40OS2/c1-10-21(8,11-2)17-14-16(20(5,6)7)15-18(19(17)23)24-25-22(9,12-3)13-4/h14,16,18H,10-13,15H2,1-9H3. The average Bonchev–Trinajstić information content (AvgIpc) is 2.58. The minimum Gasteiger partial charge on any atom is -0.293 e. The van der Waals surface area contributed by atoms with E-state index < -0.39 is 0 Å². The maximum Gasteiger partial charge on any atom is 0.172 e. The summed E-state index contributed by atoms with van der Waals surface area (Å²) in [5, 5.41) is 0.101. The average molecular weight is 385 g/mol. The molecule has 0 fully saturated rings. The minimum absolute atomic E-state index is 0.0172. The topological polar surface area (TPSA) is 17.1 Å². The Hall–Kier alpha value is 0.110. The van der Waals surface area contributed by atoms with Crippen LogP contribution in [0, 0.1) is 16.7 Å². The summed E-state index contributed by atoms with van der Waals surface area (Å²) in [7, 11) is 3.79. The molecule has 0 heterocycles. The Balaban J connectivity index is 3.14. The number of carbonyl (C=O) groups is 1. The van der Waals surface area contributed by atoms with E-state index in [2.05, 4.69) is 68.4 Å². The first kappa shape index (κ1) is 23.1. The van der Waals surface area contributed by atoms with Gasteiger partial charge >= 0.3 is 0 Å². The molecule has 25 heavy (non-hydrogen) atoms. The molecule has 1 rings (SSSR count). The highest BCUT2D eigenvalue weighted by molar-refractivity contribution is 8.77. The molecule has 3 heteroatoms. The van der Waals surface area contributed by atoms with Crippen LogP contribution < -0.4 is 0 Å². The second-order valence-electron chi connectivity index (χ2n) is 9.25. The highest BCUT2D eigenvalue weighted by Gasteiger charge is 2.42. The molecule has 0 radical (unpaired) electrons. The summed E-state index contributed by atoms with van der Waals surface area (Å²) in [4.78, 5) is 13.4. The zero-order valence-corrected chi connectivity index (χ0v) is 19.6. The van der Waals surface area contributed by atoms with Gasteiger partial charge in [0.2, 0.25) is 0 Å². The van der Waals surface area contributed by atoms with Gasteiger partial charge in [0.1, 0.15) is 0 Å². The maximum atomic E-state index is 13.4. The van der Waals surface area contributed by atoms with Crippen LogP contribution in [-0.2, 0) is 4.79 Å². The molecular weight excluding hydrogens is 344 g/mol. The molecule has 0 aromatic heterocycles. The summed E-state index contributed by atoms with van der Waals surface area (Å²) >= 11 is 0. The van der Waals surface area contributed by atoms with Crippen LogP contribution in [0.4, 0.5) is 0 Å². The lowest BCUT2D eigenvalue weighted by molar-refractivity contribution is -0.117. The first-order valence-corrected chi connectivity index (χ1v) is 12.3. The van der Waals surface area contributed by atoms with Crippen LogP contribution in [0.3, 0.4) is 0 Å². The zero-order valence-electron chi connectivity index (χ0n) is 18.0. The van der Waals surface area contributed by atoms with Gasteiger partial charge in [0.15, 0.2) is 5.78 Å². The molecule has 0 amide bonds. The Morgan fingerprint density at radius 1 is 0.960 bits per heavy atom. The molecule has 2 atom stereocenters. The maximum absolute atomic E-state index is 13.4. The van der Waals surface area contributed by atoms with Crippen LogP contribution in [0.15, 0.2) is 11.6 Å². The Labute approximate surface area is 165 Å². The van der Waals surface area contributed by atoms with Gasteiger partial charge in [-0.2, -0.15) is 0 Å². The summed E-state index contributed by atoms with van der Waals surface area (Å²) in [5.74, 6) is 0.879. The molecule has 2 unspecified atom stereocenters. The number of rotatable bonds is 8. The van der Waals surface area contributed by atoms with Crippen LogP contribution in [-0.4, -0.2) is 15.8 Å². The summed E-state index contributed by atoms with van der Waals surface area (Å²) in [5.41, 5.74) is 1.33. The fourth-order valence-corrected chi connectivity index (χ4v) is 6.56. The molecule has 0 aromatic carbocycles. The van der Waals surface area contributed by atoms with Crippen molar-refractivity contribution in [3.8, 4) is 0 Å². The predicted octanol–water partition coefficient (Wildman–Crippen LogP) is 7.70. The fraction of sp³-hybridized carbons (Fsp3) is 0.864. The lowest BCUT2D eigenvalue weighted by Crippen LogP contribution is -2.38. The first-order valence-electron chi connectivity index (χ1n) is 10.1. The van der Waals surface area contributed by atoms with Gasteiger partial charge in [-0.05, 0) is 61.3 Å². The quantitative estimate of drug-likeness (QED) is 0.399. The monoisotopic (exact) mass is 384 g/mol. The fourth-order valence-electron chi connectivity index (χ4n) is 3.22. The molecule has 0 bridgehead atoms. The number of carbonyl (C=O) groups excluding carboxylic acids is 1. The van der Waals surface area contributed by atoms with Crippen molar-refractivity contribution < 1.29 is 4.79 Å². The third kappa shape index (κ3) is 5.54. The van der Waals surface area contributed by atoms with Gasteiger partial charge in [0, 0.05) is 4.75 Å². The van der Waals surface area contributed by atoms with Crippen molar-refractivity contribution in [1.82, 2.24) is 0 Å². The second kappa shape index (κ2) is 8.87. The molecular formula is C22H40OS2. The molecule has 1 aliphatic carbocycles. The molecule has 0 saturated carbocycles. The highest BCUT2D eigenvalue weighted by atomic mass is 33.1. The Kier molecular flexibility index (Phi) is 8.21. The Bertz CT molecular complexity index is 479. The van der Waals surface area contributed by atoms with E-state index in [0.717, 1.165) is 37.7 Å². The van der Waals surface area contributed by atoms with Gasteiger partial charge in [-0.3, -0.25) is 4.79 Å². The first-order chi connectivity index (χ1) is 11.5. The lowest BCUT2D eigenvalue weighted by atomic mass is 9.66. The third-order valence-electron chi connectivity index (χ3n) is 6.58. The van der Waals surface area contributed by atoms with Gasteiger partial charge in [-0.1, -0.05) is 83.1 Å². The number of hydrogen-bond donors (Lipinski definition) is 0. The van der Waals surface area contributed by atoms with Crippen molar-refractivity contribution in [2.75, 3.05) is 0 Å². The molecule has 0 saturated heterocycles. The second-order valence-corrected chi connectivity index (χ2v) is 12.2. The molecule has 0 N–H and O–H groups in total. The number of ketones is 1. The van der Waals surface area contributed by atoms with Crippen molar-refractivity contribution in [1.29, 1.82) is 0 Å². The molecule has 0 aromatic rings. The largest absolute Gasteiger partial charge is 0.293 e. The van der Waals surface area contributed by atoms with Crippen molar-refractivity contribution in [3.05, 3.63) is 11.6 Å². The summed E-state index contributed by atoms with van der Waals surface area (Å²) in [6, 6.07) is 0. The van der Waals surface area contributed by atoms with Crippen molar-refractivity contribution in [2.45, 2.75) is 104 Å². The Morgan fingerprint density at radius 3 is 1.88 bits per heavy atom. The molecule has 0 spiro atoms. The minimum atomic E-state index is 0.0172. The van der Waals surface area contributed by atoms with Crippen molar-refractivity contribution in [2.24, 2.45) is 16.7 Å². The van der Waals surface area contributed by atoms with Crippen molar-refractivity contribution in [3.63, 3.8) is 0 Å². The highest BCUT2D eigenvalue weighted by Crippen LogP contribution is 2.50. The van der Waals surface area contributed by atoms with Crippen LogP contribution in [0.5, 0.6) is 0 Å². The van der Waals surface area contributed by atoms with E-state index >= 15 is 0 Å².